The lowest BCUT2D eigenvalue weighted by Gasteiger charge is -2.27. The van der Waals surface area contributed by atoms with Crippen LogP contribution in [-0.2, 0) is 16.1 Å². The highest BCUT2D eigenvalue weighted by atomic mass is 16.6. The van der Waals surface area contributed by atoms with Crippen molar-refractivity contribution in [3.63, 3.8) is 0 Å². The number of hydrogen-bond donors (Lipinski definition) is 0. The van der Waals surface area contributed by atoms with Crippen molar-refractivity contribution in [3.8, 4) is 0 Å². The molecule has 1 aliphatic rings. The Morgan fingerprint density at radius 3 is 2.70 bits per heavy atom. The molecule has 1 unspecified atom stereocenters. The third-order valence-corrected chi connectivity index (χ3v) is 3.63. The maximum atomic E-state index is 12.1. The van der Waals surface area contributed by atoms with Crippen LogP contribution in [0.3, 0.4) is 0 Å². The molecule has 1 aromatic rings. The highest BCUT2D eigenvalue weighted by Gasteiger charge is 2.39. The van der Waals surface area contributed by atoms with Crippen molar-refractivity contribution in [1.82, 2.24) is 15.0 Å². The van der Waals surface area contributed by atoms with Gasteiger partial charge in [0.05, 0.1) is 12.1 Å². The molecule has 2 heterocycles. The van der Waals surface area contributed by atoms with E-state index in [9.17, 15) is 4.79 Å². The molecule has 130 valence electrons. The number of ether oxygens (including phenoxy) is 2. The molecule has 0 spiro atoms. The summed E-state index contributed by atoms with van der Waals surface area (Å²) < 4.78 is 16.5. The van der Waals surface area contributed by atoms with E-state index in [0.717, 1.165) is 6.42 Å². The average molecular weight is 325 g/mol. The average Bonchev–Trinajstić information content (AvgIpc) is 3.02. The molecule has 0 bridgehead atoms. The molecule has 1 fully saturated rings. The largest absolute Gasteiger partial charge is 0.444 e. The molecule has 7 nitrogen and oxygen atoms in total. The minimum atomic E-state index is -0.492. The summed E-state index contributed by atoms with van der Waals surface area (Å²) in [6, 6.07) is 0. The van der Waals surface area contributed by atoms with E-state index in [4.69, 9.17) is 14.0 Å². The predicted molar refractivity (Wildman–Crippen MR) is 84.0 cm³/mol. The number of rotatable bonds is 4. The van der Waals surface area contributed by atoms with Crippen LogP contribution in [-0.4, -0.2) is 45.4 Å². The first kappa shape index (κ1) is 17.7. The normalized spacial score (nSPS) is 22.0. The number of amides is 1. The van der Waals surface area contributed by atoms with Gasteiger partial charge in [-0.1, -0.05) is 19.0 Å². The van der Waals surface area contributed by atoms with E-state index in [1.54, 1.807) is 4.90 Å². The third kappa shape index (κ3) is 4.92. The first-order valence-electron chi connectivity index (χ1n) is 8.02. The molecule has 0 radical (unpaired) electrons. The summed E-state index contributed by atoms with van der Waals surface area (Å²) in [4.78, 5) is 18.1. The van der Waals surface area contributed by atoms with Crippen LogP contribution in [0.2, 0.25) is 0 Å². The molecule has 1 aliphatic heterocycles. The van der Waals surface area contributed by atoms with E-state index >= 15 is 0 Å². The smallest absolute Gasteiger partial charge is 0.410 e. The zero-order chi connectivity index (χ0) is 17.3. The molecular weight excluding hydrogens is 298 g/mol. The second-order valence-electron chi connectivity index (χ2n) is 7.59. The van der Waals surface area contributed by atoms with Crippen molar-refractivity contribution in [3.05, 3.63) is 11.7 Å². The van der Waals surface area contributed by atoms with Crippen LogP contribution < -0.4 is 0 Å². The second kappa shape index (κ2) is 6.47. The maximum Gasteiger partial charge on any atom is 0.410 e. The molecule has 0 N–H and O–H groups in total. The second-order valence-corrected chi connectivity index (χ2v) is 7.59. The fourth-order valence-corrected chi connectivity index (χ4v) is 2.33. The van der Waals surface area contributed by atoms with Gasteiger partial charge in [-0.25, -0.2) is 4.79 Å². The zero-order valence-corrected chi connectivity index (χ0v) is 14.9. The Bertz CT molecular complexity index is 550. The minimum Gasteiger partial charge on any atom is -0.444 e. The van der Waals surface area contributed by atoms with Gasteiger partial charge in [-0.15, -0.1) is 0 Å². The van der Waals surface area contributed by atoms with Crippen LogP contribution in [0.1, 0.15) is 65.6 Å². The summed E-state index contributed by atoms with van der Waals surface area (Å²) in [5.41, 5.74) is -0.919. The van der Waals surface area contributed by atoms with Gasteiger partial charge >= 0.3 is 6.09 Å². The monoisotopic (exact) mass is 325 g/mol. The van der Waals surface area contributed by atoms with Crippen molar-refractivity contribution in [2.75, 3.05) is 13.1 Å². The van der Waals surface area contributed by atoms with E-state index in [-0.39, 0.29) is 18.6 Å². The van der Waals surface area contributed by atoms with E-state index in [1.165, 1.54) is 0 Å². The molecule has 1 saturated heterocycles. The lowest BCUT2D eigenvalue weighted by Crippen LogP contribution is -2.39. The van der Waals surface area contributed by atoms with E-state index in [0.29, 0.717) is 24.8 Å². The molecular formula is C16H27N3O4. The van der Waals surface area contributed by atoms with Crippen molar-refractivity contribution >= 4 is 6.09 Å². The summed E-state index contributed by atoms with van der Waals surface area (Å²) in [5, 5.41) is 3.92. The third-order valence-electron chi connectivity index (χ3n) is 3.63. The first-order chi connectivity index (χ1) is 10.6. The number of aromatic nitrogens is 2. The minimum absolute atomic E-state index is 0.220. The van der Waals surface area contributed by atoms with Gasteiger partial charge < -0.3 is 18.9 Å². The predicted octanol–water partition coefficient (Wildman–Crippen LogP) is 3.11. The van der Waals surface area contributed by atoms with Crippen LogP contribution in [0.5, 0.6) is 0 Å². The van der Waals surface area contributed by atoms with Crippen LogP contribution >= 0.6 is 0 Å². The van der Waals surface area contributed by atoms with Gasteiger partial charge in [0.1, 0.15) is 12.2 Å². The number of carbonyl (C=O) groups excluding carboxylic acids is 1. The van der Waals surface area contributed by atoms with Gasteiger partial charge in [0.2, 0.25) is 0 Å². The van der Waals surface area contributed by atoms with Gasteiger partial charge in [0.15, 0.2) is 5.82 Å². The van der Waals surface area contributed by atoms with Crippen molar-refractivity contribution < 1.29 is 18.8 Å². The summed E-state index contributed by atoms with van der Waals surface area (Å²) in [6.45, 7) is 12.9. The molecule has 0 saturated carbocycles. The first-order valence-corrected chi connectivity index (χ1v) is 8.02. The quantitative estimate of drug-likeness (QED) is 0.846. The van der Waals surface area contributed by atoms with Crippen LogP contribution in [0, 0.1) is 0 Å². The molecule has 23 heavy (non-hydrogen) atoms. The Kier molecular flexibility index (Phi) is 4.98. The summed E-state index contributed by atoms with van der Waals surface area (Å²) in [7, 11) is 0. The topological polar surface area (TPSA) is 77.7 Å². The van der Waals surface area contributed by atoms with Crippen LogP contribution in [0.4, 0.5) is 4.79 Å². The highest BCUT2D eigenvalue weighted by Crippen LogP contribution is 2.27. The number of carbonyl (C=O) groups is 1. The molecule has 1 aromatic heterocycles. The van der Waals surface area contributed by atoms with E-state index < -0.39 is 11.2 Å². The summed E-state index contributed by atoms with van der Waals surface area (Å²) in [5.74, 6) is 1.36. The van der Waals surface area contributed by atoms with Crippen molar-refractivity contribution in [2.45, 2.75) is 71.7 Å². The van der Waals surface area contributed by atoms with Gasteiger partial charge in [-0.3, -0.25) is 0 Å². The molecule has 7 heteroatoms. The SMILES string of the molecule is CC(C)c1noc(COC2(C)CCN(C(=O)OC(C)(C)C)C2)n1. The van der Waals surface area contributed by atoms with E-state index in [2.05, 4.69) is 10.1 Å². The molecule has 1 amide bonds. The van der Waals surface area contributed by atoms with Crippen LogP contribution in [0.25, 0.3) is 0 Å². The fourth-order valence-electron chi connectivity index (χ4n) is 2.33. The van der Waals surface area contributed by atoms with Gasteiger partial charge in [0, 0.05) is 12.5 Å². The maximum absolute atomic E-state index is 12.1. The molecule has 0 aromatic carbocycles. The van der Waals surface area contributed by atoms with E-state index in [1.807, 2.05) is 41.5 Å². The number of likely N-dealkylation sites (tertiary alicyclic amines) is 1. The lowest BCUT2D eigenvalue weighted by molar-refractivity contribution is -0.0463. The fraction of sp³-hybridized carbons (Fsp3) is 0.812. The van der Waals surface area contributed by atoms with Crippen molar-refractivity contribution in [1.29, 1.82) is 0 Å². The number of hydrogen-bond acceptors (Lipinski definition) is 6. The Balaban J connectivity index is 1.87. The highest BCUT2D eigenvalue weighted by molar-refractivity contribution is 5.68. The number of nitrogens with zero attached hydrogens (tertiary/aromatic N) is 3. The van der Waals surface area contributed by atoms with Gasteiger partial charge in [-0.05, 0) is 34.1 Å². The molecule has 1 atom stereocenters. The lowest BCUT2D eigenvalue weighted by atomic mass is 10.1. The summed E-state index contributed by atoms with van der Waals surface area (Å²) in [6.07, 6.45) is 0.446. The summed E-state index contributed by atoms with van der Waals surface area (Å²) >= 11 is 0. The molecule has 2 rings (SSSR count). The Morgan fingerprint density at radius 1 is 1.43 bits per heavy atom. The van der Waals surface area contributed by atoms with Gasteiger partial charge in [-0.2, -0.15) is 4.98 Å². The Hall–Kier alpha value is -1.63. The Morgan fingerprint density at radius 2 is 2.13 bits per heavy atom. The van der Waals surface area contributed by atoms with Crippen molar-refractivity contribution in [2.24, 2.45) is 0 Å². The molecule has 0 aliphatic carbocycles. The zero-order valence-electron chi connectivity index (χ0n) is 14.9. The standard InChI is InChI=1S/C16H27N3O4/c1-11(2)13-17-12(23-18-13)9-21-16(6)7-8-19(10-16)14(20)22-15(3,4)5/h11H,7-10H2,1-6H3. The van der Waals surface area contributed by atoms with Crippen LogP contribution in [0.15, 0.2) is 4.52 Å². The van der Waals surface area contributed by atoms with Gasteiger partial charge in [0.25, 0.3) is 5.89 Å². The Labute approximate surface area is 137 Å².